The molecule has 0 spiro atoms. The summed E-state index contributed by atoms with van der Waals surface area (Å²) in [6, 6.07) is 4.71. The van der Waals surface area contributed by atoms with Crippen LogP contribution in [0, 0.1) is 5.92 Å². The van der Waals surface area contributed by atoms with Crippen LogP contribution in [0.4, 0.5) is 5.82 Å². The molecule has 0 bridgehead atoms. The maximum Gasteiger partial charge on any atom is 0.130 e. The van der Waals surface area contributed by atoms with Crippen molar-refractivity contribution >= 4 is 5.82 Å². The van der Waals surface area contributed by atoms with Gasteiger partial charge >= 0.3 is 0 Å². The van der Waals surface area contributed by atoms with Crippen molar-refractivity contribution < 1.29 is 0 Å². The van der Waals surface area contributed by atoms with E-state index in [-0.39, 0.29) is 0 Å². The van der Waals surface area contributed by atoms with E-state index in [0.29, 0.717) is 12.0 Å². The second-order valence-corrected chi connectivity index (χ2v) is 5.18. The van der Waals surface area contributed by atoms with E-state index in [1.807, 2.05) is 19.3 Å². The van der Waals surface area contributed by atoms with Gasteiger partial charge in [-0.15, -0.1) is 0 Å². The summed E-state index contributed by atoms with van der Waals surface area (Å²) in [7, 11) is 1.92. The van der Waals surface area contributed by atoms with Gasteiger partial charge in [0.1, 0.15) is 5.82 Å². The fourth-order valence-electron chi connectivity index (χ4n) is 1.94. The summed E-state index contributed by atoms with van der Waals surface area (Å²) in [5.41, 5.74) is 1.27. The second kappa shape index (κ2) is 6.60. The molecule has 96 valence electrons. The Bertz CT molecular complexity index is 334. The van der Waals surface area contributed by atoms with Crippen LogP contribution in [0.2, 0.25) is 0 Å². The molecule has 0 aromatic carbocycles. The molecular weight excluding hydrogens is 210 g/mol. The first-order valence-corrected chi connectivity index (χ1v) is 6.40. The van der Waals surface area contributed by atoms with Gasteiger partial charge in [0, 0.05) is 37.9 Å². The first kappa shape index (κ1) is 14.0. The lowest BCUT2D eigenvalue weighted by Crippen LogP contribution is -2.33. The summed E-state index contributed by atoms with van der Waals surface area (Å²) in [5.74, 6) is 1.68. The smallest absolute Gasteiger partial charge is 0.130 e. The molecule has 0 saturated heterocycles. The molecule has 1 aromatic rings. The molecule has 0 aliphatic rings. The van der Waals surface area contributed by atoms with Crippen molar-refractivity contribution in [3.05, 3.63) is 23.9 Å². The molecule has 0 amide bonds. The summed E-state index contributed by atoms with van der Waals surface area (Å²) >= 11 is 0. The van der Waals surface area contributed by atoms with E-state index in [2.05, 4.69) is 49.0 Å². The molecular formula is C14H25N3. The van der Waals surface area contributed by atoms with E-state index in [1.54, 1.807) is 0 Å². The van der Waals surface area contributed by atoms with E-state index >= 15 is 0 Å². The molecule has 1 N–H and O–H groups in total. The summed E-state index contributed by atoms with van der Waals surface area (Å²) < 4.78 is 0. The lowest BCUT2D eigenvalue weighted by atomic mass is 10.1. The number of hydrogen-bond acceptors (Lipinski definition) is 3. The lowest BCUT2D eigenvalue weighted by Gasteiger charge is -2.28. The highest BCUT2D eigenvalue weighted by Gasteiger charge is 2.13. The minimum Gasteiger partial charge on any atom is -0.373 e. The molecule has 3 nitrogen and oxygen atoms in total. The summed E-state index contributed by atoms with van der Waals surface area (Å²) in [6.07, 6.45) is 1.83. The Balaban J connectivity index is 2.78. The Kier molecular flexibility index (Phi) is 5.42. The SMILES string of the molecule is CNc1ncccc1CN(CC(C)C)C(C)C. The van der Waals surface area contributed by atoms with Gasteiger partial charge < -0.3 is 5.32 Å². The first-order chi connectivity index (χ1) is 8.04. The predicted octanol–water partition coefficient (Wildman–Crippen LogP) is 2.99. The van der Waals surface area contributed by atoms with Crippen LogP contribution in [-0.4, -0.2) is 29.5 Å². The molecule has 0 aliphatic heterocycles. The molecule has 3 heteroatoms. The van der Waals surface area contributed by atoms with E-state index in [9.17, 15) is 0 Å². The third kappa shape index (κ3) is 4.35. The van der Waals surface area contributed by atoms with E-state index in [0.717, 1.165) is 18.9 Å². The Morgan fingerprint density at radius 2 is 2.00 bits per heavy atom. The molecule has 1 rings (SSSR count). The monoisotopic (exact) mass is 235 g/mol. The van der Waals surface area contributed by atoms with Crippen LogP contribution in [0.15, 0.2) is 18.3 Å². The molecule has 0 atom stereocenters. The summed E-state index contributed by atoms with van der Waals surface area (Å²) in [4.78, 5) is 6.84. The third-order valence-corrected chi connectivity index (χ3v) is 2.83. The maximum absolute atomic E-state index is 4.35. The first-order valence-electron chi connectivity index (χ1n) is 6.40. The quantitative estimate of drug-likeness (QED) is 0.821. The van der Waals surface area contributed by atoms with Crippen LogP contribution in [0.1, 0.15) is 33.3 Å². The molecule has 1 aromatic heterocycles. The van der Waals surface area contributed by atoms with Crippen molar-refractivity contribution in [2.75, 3.05) is 18.9 Å². The number of hydrogen-bond donors (Lipinski definition) is 1. The van der Waals surface area contributed by atoms with Gasteiger partial charge in [0.2, 0.25) is 0 Å². The van der Waals surface area contributed by atoms with Crippen molar-refractivity contribution in [1.29, 1.82) is 0 Å². The van der Waals surface area contributed by atoms with Crippen molar-refractivity contribution in [3.63, 3.8) is 0 Å². The number of pyridine rings is 1. The highest BCUT2D eigenvalue weighted by Crippen LogP contribution is 2.16. The van der Waals surface area contributed by atoms with E-state index < -0.39 is 0 Å². The maximum atomic E-state index is 4.35. The largest absolute Gasteiger partial charge is 0.373 e. The summed E-state index contributed by atoms with van der Waals surface area (Å²) in [5, 5.41) is 3.16. The molecule has 0 aliphatic carbocycles. The van der Waals surface area contributed by atoms with E-state index in [1.165, 1.54) is 5.56 Å². The van der Waals surface area contributed by atoms with Crippen molar-refractivity contribution in [3.8, 4) is 0 Å². The van der Waals surface area contributed by atoms with Gasteiger partial charge in [-0.1, -0.05) is 19.9 Å². The zero-order chi connectivity index (χ0) is 12.8. The van der Waals surface area contributed by atoms with Crippen molar-refractivity contribution in [2.24, 2.45) is 5.92 Å². The third-order valence-electron chi connectivity index (χ3n) is 2.83. The fourth-order valence-corrected chi connectivity index (χ4v) is 1.94. The topological polar surface area (TPSA) is 28.2 Å². The lowest BCUT2D eigenvalue weighted by molar-refractivity contribution is 0.189. The van der Waals surface area contributed by atoms with Gasteiger partial charge in [-0.2, -0.15) is 0 Å². The Morgan fingerprint density at radius 1 is 1.29 bits per heavy atom. The van der Waals surface area contributed by atoms with Gasteiger partial charge in [-0.05, 0) is 25.8 Å². The minimum absolute atomic E-state index is 0.558. The highest BCUT2D eigenvalue weighted by atomic mass is 15.1. The molecule has 0 fully saturated rings. The average Bonchev–Trinajstić information content (AvgIpc) is 2.28. The number of nitrogens with one attached hydrogen (secondary N) is 1. The molecule has 0 unspecified atom stereocenters. The predicted molar refractivity (Wildman–Crippen MR) is 74.2 cm³/mol. The van der Waals surface area contributed by atoms with Crippen LogP contribution >= 0.6 is 0 Å². The van der Waals surface area contributed by atoms with Crippen LogP contribution in [-0.2, 0) is 6.54 Å². The zero-order valence-electron chi connectivity index (χ0n) is 11.7. The molecule has 17 heavy (non-hydrogen) atoms. The van der Waals surface area contributed by atoms with Gasteiger partial charge in [-0.3, -0.25) is 4.90 Å². The van der Waals surface area contributed by atoms with Crippen molar-refractivity contribution in [2.45, 2.75) is 40.3 Å². The van der Waals surface area contributed by atoms with Crippen LogP contribution in [0.25, 0.3) is 0 Å². The fraction of sp³-hybridized carbons (Fsp3) is 0.643. The van der Waals surface area contributed by atoms with Gasteiger partial charge in [0.15, 0.2) is 0 Å². The van der Waals surface area contributed by atoms with E-state index in [4.69, 9.17) is 0 Å². The van der Waals surface area contributed by atoms with Crippen LogP contribution < -0.4 is 5.32 Å². The molecule has 0 radical (unpaired) electrons. The van der Waals surface area contributed by atoms with Gasteiger partial charge in [0.25, 0.3) is 0 Å². The van der Waals surface area contributed by atoms with Crippen LogP contribution in [0.3, 0.4) is 0 Å². The highest BCUT2D eigenvalue weighted by molar-refractivity contribution is 5.42. The minimum atomic E-state index is 0.558. The number of aromatic nitrogens is 1. The van der Waals surface area contributed by atoms with Crippen LogP contribution in [0.5, 0.6) is 0 Å². The normalized spacial score (nSPS) is 11.5. The molecule has 1 heterocycles. The molecule has 0 saturated carbocycles. The standard InChI is InChI=1S/C14H25N3/c1-11(2)9-17(12(3)4)10-13-7-6-8-16-14(13)15-5/h6-8,11-12H,9-10H2,1-5H3,(H,15,16). The Labute approximate surface area is 105 Å². The van der Waals surface area contributed by atoms with Gasteiger partial charge in [-0.25, -0.2) is 4.98 Å². The van der Waals surface area contributed by atoms with Crippen molar-refractivity contribution in [1.82, 2.24) is 9.88 Å². The Hall–Kier alpha value is -1.09. The van der Waals surface area contributed by atoms with Gasteiger partial charge in [0.05, 0.1) is 0 Å². The number of anilines is 1. The average molecular weight is 235 g/mol. The zero-order valence-corrected chi connectivity index (χ0v) is 11.7. The Morgan fingerprint density at radius 3 is 2.53 bits per heavy atom. The number of rotatable bonds is 6. The second-order valence-electron chi connectivity index (χ2n) is 5.18. The summed E-state index contributed by atoms with van der Waals surface area (Å²) in [6.45, 7) is 11.1. The number of nitrogens with zero attached hydrogens (tertiary/aromatic N) is 2.